The van der Waals surface area contributed by atoms with Gasteiger partial charge in [-0.3, -0.25) is 4.98 Å². The molecule has 0 N–H and O–H groups in total. The van der Waals surface area contributed by atoms with Gasteiger partial charge in [0.05, 0.1) is 10.9 Å². The highest BCUT2D eigenvalue weighted by atomic mass is 35.5. The number of aromatic nitrogens is 1. The molecule has 4 heteroatoms. The van der Waals surface area contributed by atoms with E-state index in [2.05, 4.69) is 4.98 Å². The van der Waals surface area contributed by atoms with Crippen LogP contribution in [0.4, 0.5) is 0 Å². The molecule has 0 saturated heterocycles. The Morgan fingerprint density at radius 2 is 2.06 bits per heavy atom. The number of alkyl halides is 1. The predicted octanol–water partition coefficient (Wildman–Crippen LogP) is 2.79. The van der Waals surface area contributed by atoms with E-state index in [1.807, 2.05) is 30.3 Å². The summed E-state index contributed by atoms with van der Waals surface area (Å²) in [6.07, 6.45) is 3.84. The Balaban J connectivity index is 0.000000492. The van der Waals surface area contributed by atoms with Gasteiger partial charge in [0.2, 0.25) is 0 Å². The van der Waals surface area contributed by atoms with Crippen molar-refractivity contribution < 1.29 is 9.59 Å². The third kappa shape index (κ3) is 4.26. The molecule has 94 valence electrons. The number of fused-ring (bicyclic) bond motifs is 1. The van der Waals surface area contributed by atoms with E-state index in [0.717, 1.165) is 29.0 Å². The van der Waals surface area contributed by atoms with E-state index in [-0.39, 0.29) is 0 Å². The molecule has 1 heterocycles. The number of halogens is 1. The molecule has 0 spiro atoms. The van der Waals surface area contributed by atoms with Crippen LogP contribution in [0.25, 0.3) is 10.9 Å². The van der Waals surface area contributed by atoms with Crippen molar-refractivity contribution >= 4 is 35.1 Å². The van der Waals surface area contributed by atoms with E-state index in [0.29, 0.717) is 6.42 Å². The van der Waals surface area contributed by atoms with Crippen LogP contribution in [0.15, 0.2) is 36.5 Å². The van der Waals surface area contributed by atoms with E-state index in [1.165, 1.54) is 6.92 Å². The van der Waals surface area contributed by atoms with Gasteiger partial charge in [-0.05, 0) is 37.1 Å². The van der Waals surface area contributed by atoms with Gasteiger partial charge in [-0.15, -0.1) is 11.6 Å². The highest BCUT2D eigenvalue weighted by Crippen LogP contribution is 2.15. The van der Waals surface area contributed by atoms with Crippen LogP contribution < -0.4 is 0 Å². The van der Waals surface area contributed by atoms with Crippen molar-refractivity contribution in [3.63, 3.8) is 0 Å². The van der Waals surface area contributed by atoms with E-state index in [1.54, 1.807) is 6.20 Å². The van der Waals surface area contributed by atoms with Crippen molar-refractivity contribution in [3.05, 3.63) is 42.1 Å². The van der Waals surface area contributed by atoms with E-state index in [4.69, 9.17) is 16.4 Å². The molecule has 0 saturated carbocycles. The van der Waals surface area contributed by atoms with Crippen LogP contribution >= 0.6 is 11.6 Å². The molecule has 0 radical (unpaired) electrons. The number of pyridine rings is 1. The van der Waals surface area contributed by atoms with Gasteiger partial charge in [0.15, 0.2) is 0 Å². The lowest BCUT2D eigenvalue weighted by Crippen LogP contribution is -2.03. The molecular weight excluding hydrogens is 250 g/mol. The van der Waals surface area contributed by atoms with Crippen molar-refractivity contribution in [1.82, 2.24) is 4.98 Å². The monoisotopic (exact) mass is 263 g/mol. The Labute approximate surface area is 111 Å². The van der Waals surface area contributed by atoms with Gasteiger partial charge < -0.3 is 9.59 Å². The number of hydrogen-bond donors (Lipinski definition) is 0. The van der Waals surface area contributed by atoms with Crippen LogP contribution in [0.1, 0.15) is 12.5 Å². The summed E-state index contributed by atoms with van der Waals surface area (Å²) in [6, 6.07) is 9.80. The second-order valence-electron chi connectivity index (χ2n) is 3.62. The minimum absolute atomic E-state index is 0.445. The average molecular weight is 264 g/mol. The van der Waals surface area contributed by atoms with Gasteiger partial charge in [-0.2, -0.15) is 0 Å². The Hall–Kier alpha value is -1.74. The molecule has 3 nitrogen and oxygen atoms in total. The summed E-state index contributed by atoms with van der Waals surface area (Å²) in [5.41, 5.74) is 2.01. The lowest BCUT2D eigenvalue weighted by molar-refractivity contribution is -0.107. The minimum Gasteiger partial charge on any atom is -0.304 e. The number of carbonyl (C=O) groups is 2. The predicted molar refractivity (Wildman–Crippen MR) is 72.9 cm³/mol. The lowest BCUT2D eigenvalue weighted by Gasteiger charge is -2.03. The van der Waals surface area contributed by atoms with Gasteiger partial charge in [0.25, 0.3) is 0 Å². The molecule has 0 aliphatic carbocycles. The molecule has 0 bridgehead atoms. The summed E-state index contributed by atoms with van der Waals surface area (Å²) < 4.78 is 0. The maximum absolute atomic E-state index is 10.4. The average Bonchev–Trinajstić information content (AvgIpc) is 2.39. The largest absolute Gasteiger partial charge is 0.304 e. The number of carbonyl (C=O) groups excluding carboxylic acids is 2. The van der Waals surface area contributed by atoms with Crippen LogP contribution in [0.2, 0.25) is 0 Å². The maximum atomic E-state index is 10.4. The smallest absolute Gasteiger partial charge is 0.138 e. The van der Waals surface area contributed by atoms with Gasteiger partial charge >= 0.3 is 0 Å². The molecular formula is C14H14ClNO2. The Morgan fingerprint density at radius 1 is 1.33 bits per heavy atom. The van der Waals surface area contributed by atoms with Gasteiger partial charge in [0.1, 0.15) is 12.6 Å². The normalized spacial score (nSPS) is 11.2. The molecule has 2 rings (SSSR count). The molecule has 0 fully saturated rings. The topological polar surface area (TPSA) is 47.0 Å². The number of aldehydes is 2. The SMILES string of the molecule is CC=O.O=CC(Cl)Cc1ccc2ncccc2c1. The summed E-state index contributed by atoms with van der Waals surface area (Å²) in [6.45, 7) is 1.44. The van der Waals surface area contributed by atoms with E-state index < -0.39 is 5.38 Å². The second-order valence-corrected chi connectivity index (χ2v) is 4.18. The summed E-state index contributed by atoms with van der Waals surface area (Å²) in [5, 5.41) is 0.629. The summed E-state index contributed by atoms with van der Waals surface area (Å²) in [5.74, 6) is 0. The zero-order valence-electron chi connectivity index (χ0n) is 10.0. The van der Waals surface area contributed by atoms with Crippen LogP contribution in [-0.2, 0) is 16.0 Å². The molecule has 1 aromatic heterocycles. The van der Waals surface area contributed by atoms with E-state index >= 15 is 0 Å². The van der Waals surface area contributed by atoms with Crippen LogP contribution in [0.5, 0.6) is 0 Å². The van der Waals surface area contributed by atoms with Crippen LogP contribution in [0, 0.1) is 0 Å². The Kier molecular flexibility index (Phi) is 6.01. The zero-order valence-corrected chi connectivity index (χ0v) is 10.8. The molecule has 1 aromatic carbocycles. The van der Waals surface area contributed by atoms with Crippen molar-refractivity contribution in [2.75, 3.05) is 0 Å². The third-order valence-corrected chi connectivity index (χ3v) is 2.50. The Bertz CT molecular complexity index is 528. The summed E-state index contributed by atoms with van der Waals surface area (Å²) >= 11 is 5.77. The molecule has 1 unspecified atom stereocenters. The second kappa shape index (κ2) is 7.56. The van der Waals surface area contributed by atoms with Gasteiger partial charge in [-0.25, -0.2) is 0 Å². The van der Waals surface area contributed by atoms with Gasteiger partial charge in [-0.1, -0.05) is 12.1 Å². The van der Waals surface area contributed by atoms with Crippen LogP contribution in [0.3, 0.4) is 0 Å². The zero-order chi connectivity index (χ0) is 13.4. The number of rotatable bonds is 3. The van der Waals surface area contributed by atoms with Crippen molar-refractivity contribution in [2.24, 2.45) is 0 Å². The summed E-state index contributed by atoms with van der Waals surface area (Å²) in [4.78, 5) is 23.5. The fourth-order valence-corrected chi connectivity index (χ4v) is 1.70. The van der Waals surface area contributed by atoms with Crippen molar-refractivity contribution in [2.45, 2.75) is 18.7 Å². The number of benzene rings is 1. The highest BCUT2D eigenvalue weighted by molar-refractivity contribution is 6.27. The Morgan fingerprint density at radius 3 is 2.72 bits per heavy atom. The standard InChI is InChI=1S/C12H10ClNO.C2H4O/c13-11(8-15)7-9-3-4-12-10(6-9)2-1-5-14-12;1-2-3/h1-6,8,11H,7H2;2H,1H3. The highest BCUT2D eigenvalue weighted by Gasteiger charge is 2.04. The van der Waals surface area contributed by atoms with Crippen LogP contribution in [-0.4, -0.2) is 22.9 Å². The molecule has 0 aliphatic heterocycles. The van der Waals surface area contributed by atoms with Crippen molar-refractivity contribution in [1.29, 1.82) is 0 Å². The quantitative estimate of drug-likeness (QED) is 0.632. The van der Waals surface area contributed by atoms with Crippen molar-refractivity contribution in [3.8, 4) is 0 Å². The summed E-state index contributed by atoms with van der Waals surface area (Å²) in [7, 11) is 0. The lowest BCUT2D eigenvalue weighted by atomic mass is 10.1. The maximum Gasteiger partial charge on any atom is 0.138 e. The molecule has 0 aliphatic rings. The first-order valence-corrected chi connectivity index (χ1v) is 5.97. The molecule has 2 aromatic rings. The fraction of sp³-hybridized carbons (Fsp3) is 0.214. The molecule has 0 amide bonds. The first-order valence-electron chi connectivity index (χ1n) is 5.54. The fourth-order valence-electron chi connectivity index (χ4n) is 1.53. The first-order chi connectivity index (χ1) is 8.71. The third-order valence-electron chi connectivity index (χ3n) is 2.25. The molecule has 18 heavy (non-hydrogen) atoms. The first kappa shape index (κ1) is 14.3. The van der Waals surface area contributed by atoms with E-state index in [9.17, 15) is 4.79 Å². The van der Waals surface area contributed by atoms with Gasteiger partial charge in [0, 0.05) is 11.6 Å². The molecule has 1 atom stereocenters. The number of nitrogens with zero attached hydrogens (tertiary/aromatic N) is 1. The minimum atomic E-state index is -0.445. The number of hydrogen-bond acceptors (Lipinski definition) is 3.